The van der Waals surface area contributed by atoms with Crippen LogP contribution in [-0.4, -0.2) is 4.98 Å². The number of nitrogens with two attached hydrogens (primary N) is 1. The van der Waals surface area contributed by atoms with Crippen LogP contribution in [0.15, 0.2) is 18.3 Å². The van der Waals surface area contributed by atoms with E-state index in [2.05, 4.69) is 4.98 Å². The number of rotatable bonds is 2. The maximum absolute atomic E-state index is 13.4. The summed E-state index contributed by atoms with van der Waals surface area (Å²) in [7, 11) is 0. The molecule has 2 N–H and O–H groups in total. The van der Waals surface area contributed by atoms with Crippen molar-refractivity contribution in [2.45, 2.75) is 6.54 Å². The van der Waals surface area contributed by atoms with Crippen LogP contribution in [0.1, 0.15) is 4.88 Å². The van der Waals surface area contributed by atoms with Crippen LogP contribution in [0, 0.1) is 17.5 Å². The predicted molar refractivity (Wildman–Crippen MR) is 55.3 cm³/mol. The molecule has 2 aromatic rings. The minimum absolute atomic E-state index is 0.162. The van der Waals surface area contributed by atoms with E-state index in [9.17, 15) is 13.2 Å². The number of hydrogen-bond donors (Lipinski definition) is 1. The van der Waals surface area contributed by atoms with Crippen molar-refractivity contribution in [3.05, 3.63) is 40.7 Å². The molecule has 0 unspecified atom stereocenters. The van der Waals surface area contributed by atoms with E-state index in [1.165, 1.54) is 6.20 Å². The Morgan fingerprint density at radius 3 is 2.31 bits per heavy atom. The summed E-state index contributed by atoms with van der Waals surface area (Å²) in [5.74, 6) is -2.87. The number of halogens is 3. The van der Waals surface area contributed by atoms with Crippen LogP contribution in [0.5, 0.6) is 0 Å². The lowest BCUT2D eigenvalue weighted by atomic mass is 10.2. The van der Waals surface area contributed by atoms with E-state index >= 15 is 0 Å². The van der Waals surface area contributed by atoms with Gasteiger partial charge in [0.2, 0.25) is 0 Å². The van der Waals surface area contributed by atoms with Gasteiger partial charge in [-0.2, -0.15) is 0 Å². The molecule has 0 atom stereocenters. The Kier molecular flexibility index (Phi) is 2.93. The number of hydrogen-bond acceptors (Lipinski definition) is 3. The molecule has 2 nitrogen and oxygen atoms in total. The second-order valence-corrected chi connectivity index (χ2v) is 4.20. The Morgan fingerprint density at radius 1 is 1.19 bits per heavy atom. The summed E-state index contributed by atoms with van der Waals surface area (Å²) in [6.07, 6.45) is 1.45. The van der Waals surface area contributed by atoms with Crippen LogP contribution in [-0.2, 0) is 6.54 Å². The van der Waals surface area contributed by atoms with E-state index in [0.29, 0.717) is 17.0 Å². The molecule has 0 saturated carbocycles. The Morgan fingerprint density at radius 2 is 1.81 bits per heavy atom. The summed E-state index contributed by atoms with van der Waals surface area (Å²) in [5, 5.41) is 0.162. The first-order chi connectivity index (χ1) is 7.61. The van der Waals surface area contributed by atoms with Crippen molar-refractivity contribution < 1.29 is 13.2 Å². The van der Waals surface area contributed by atoms with E-state index in [1.807, 2.05) is 0 Å². The van der Waals surface area contributed by atoms with Gasteiger partial charge in [-0.05, 0) is 0 Å². The molecular weight excluding hydrogens is 237 g/mol. The second-order valence-electron chi connectivity index (χ2n) is 3.08. The van der Waals surface area contributed by atoms with Crippen LogP contribution >= 0.6 is 11.3 Å². The molecule has 0 radical (unpaired) electrons. The first-order valence-electron chi connectivity index (χ1n) is 4.41. The third-order valence-corrected chi connectivity index (χ3v) is 3.01. The maximum atomic E-state index is 13.4. The number of nitrogens with zero attached hydrogens (tertiary/aromatic N) is 1. The lowest BCUT2D eigenvalue weighted by molar-refractivity contribution is 0.548. The molecule has 2 rings (SSSR count). The molecule has 0 fully saturated rings. The molecule has 0 bridgehead atoms. The van der Waals surface area contributed by atoms with Crippen molar-refractivity contribution in [1.82, 2.24) is 4.98 Å². The third kappa shape index (κ3) is 1.94. The highest BCUT2D eigenvalue weighted by Crippen LogP contribution is 2.30. The quantitative estimate of drug-likeness (QED) is 0.882. The average molecular weight is 244 g/mol. The Labute approximate surface area is 93.5 Å². The van der Waals surface area contributed by atoms with Crippen LogP contribution in [0.4, 0.5) is 13.2 Å². The largest absolute Gasteiger partial charge is 0.326 e. The average Bonchev–Trinajstić information content (AvgIpc) is 2.64. The summed E-state index contributed by atoms with van der Waals surface area (Å²) in [4.78, 5) is 4.55. The summed E-state index contributed by atoms with van der Waals surface area (Å²) in [6.45, 7) is 0.252. The minimum atomic E-state index is -0.963. The van der Waals surface area contributed by atoms with Crippen molar-refractivity contribution >= 4 is 11.3 Å². The van der Waals surface area contributed by atoms with Gasteiger partial charge in [-0.1, -0.05) is 0 Å². The molecule has 84 valence electrons. The van der Waals surface area contributed by atoms with Gasteiger partial charge in [0.25, 0.3) is 0 Å². The fourth-order valence-corrected chi connectivity index (χ4v) is 2.10. The molecule has 0 aliphatic rings. The molecule has 0 aliphatic heterocycles. The molecule has 0 saturated heterocycles. The smallest absolute Gasteiger partial charge is 0.139 e. The van der Waals surface area contributed by atoms with E-state index in [0.717, 1.165) is 11.3 Å². The van der Waals surface area contributed by atoms with Gasteiger partial charge in [-0.15, -0.1) is 11.3 Å². The summed E-state index contributed by atoms with van der Waals surface area (Å²) in [6, 6.07) is 1.25. The van der Waals surface area contributed by atoms with Crippen LogP contribution in [0.2, 0.25) is 0 Å². The van der Waals surface area contributed by atoms with Crippen molar-refractivity contribution in [2.24, 2.45) is 5.73 Å². The number of thiazole rings is 1. The standard InChI is InChI=1S/C10H7F3N2S/c11-5-1-7(12)9(8(13)2-5)10-15-4-6(3-14)16-10/h1-2,4H,3,14H2. The highest BCUT2D eigenvalue weighted by molar-refractivity contribution is 7.15. The monoisotopic (exact) mass is 244 g/mol. The van der Waals surface area contributed by atoms with Crippen molar-refractivity contribution in [3.8, 4) is 10.6 Å². The van der Waals surface area contributed by atoms with Crippen LogP contribution < -0.4 is 5.73 Å². The molecule has 1 heterocycles. The van der Waals surface area contributed by atoms with Crippen LogP contribution in [0.25, 0.3) is 10.6 Å². The predicted octanol–water partition coefficient (Wildman–Crippen LogP) is 2.69. The molecule has 0 spiro atoms. The van der Waals surface area contributed by atoms with E-state index in [1.54, 1.807) is 0 Å². The van der Waals surface area contributed by atoms with Crippen molar-refractivity contribution in [3.63, 3.8) is 0 Å². The van der Waals surface area contributed by atoms with Crippen LogP contribution in [0.3, 0.4) is 0 Å². The first kappa shape index (κ1) is 11.1. The molecular formula is C10H7F3N2S. The van der Waals surface area contributed by atoms with Gasteiger partial charge >= 0.3 is 0 Å². The summed E-state index contributed by atoms with van der Waals surface area (Å²) in [5.41, 5.74) is 5.05. The minimum Gasteiger partial charge on any atom is -0.326 e. The molecule has 0 amide bonds. The van der Waals surface area contributed by atoms with Crippen molar-refractivity contribution in [1.29, 1.82) is 0 Å². The van der Waals surface area contributed by atoms with E-state index < -0.39 is 17.5 Å². The van der Waals surface area contributed by atoms with Gasteiger partial charge in [0.05, 0.1) is 5.56 Å². The SMILES string of the molecule is NCc1cnc(-c2c(F)cc(F)cc2F)s1. The summed E-state index contributed by atoms with van der Waals surface area (Å²) < 4.78 is 39.4. The van der Waals surface area contributed by atoms with Gasteiger partial charge < -0.3 is 5.73 Å². The zero-order valence-electron chi connectivity index (χ0n) is 8.01. The highest BCUT2D eigenvalue weighted by atomic mass is 32.1. The fraction of sp³-hybridized carbons (Fsp3) is 0.100. The van der Waals surface area contributed by atoms with Gasteiger partial charge in [0.15, 0.2) is 0 Å². The summed E-state index contributed by atoms with van der Waals surface area (Å²) >= 11 is 1.08. The first-order valence-corrected chi connectivity index (χ1v) is 5.23. The van der Waals surface area contributed by atoms with Gasteiger partial charge in [-0.25, -0.2) is 18.2 Å². The van der Waals surface area contributed by atoms with E-state index in [4.69, 9.17) is 5.73 Å². The topological polar surface area (TPSA) is 38.9 Å². The fourth-order valence-electron chi connectivity index (χ4n) is 1.26. The maximum Gasteiger partial charge on any atom is 0.139 e. The van der Waals surface area contributed by atoms with Crippen molar-refractivity contribution in [2.75, 3.05) is 0 Å². The van der Waals surface area contributed by atoms with Gasteiger partial charge in [0, 0.05) is 29.8 Å². The van der Waals surface area contributed by atoms with E-state index in [-0.39, 0.29) is 17.1 Å². The number of aromatic nitrogens is 1. The third-order valence-electron chi connectivity index (χ3n) is 1.98. The number of benzene rings is 1. The molecule has 16 heavy (non-hydrogen) atoms. The van der Waals surface area contributed by atoms with Gasteiger partial charge in [-0.3, -0.25) is 0 Å². The second kappa shape index (κ2) is 4.23. The molecule has 1 aromatic heterocycles. The Hall–Kier alpha value is -1.40. The molecule has 0 aliphatic carbocycles. The normalized spacial score (nSPS) is 10.8. The zero-order chi connectivity index (χ0) is 11.7. The Bertz CT molecular complexity index is 502. The molecule has 1 aromatic carbocycles. The zero-order valence-corrected chi connectivity index (χ0v) is 8.82. The highest BCUT2D eigenvalue weighted by Gasteiger charge is 2.16. The lowest BCUT2D eigenvalue weighted by Gasteiger charge is -2.01. The Balaban J connectivity index is 2.55. The van der Waals surface area contributed by atoms with Gasteiger partial charge in [0.1, 0.15) is 22.5 Å². The molecule has 6 heteroatoms. The lowest BCUT2D eigenvalue weighted by Crippen LogP contribution is -1.92.